The quantitative estimate of drug-likeness (QED) is 0.898. The fraction of sp³-hybridized carbons (Fsp3) is 0.500. The van der Waals surface area contributed by atoms with Gasteiger partial charge in [-0.2, -0.15) is 0 Å². The summed E-state index contributed by atoms with van der Waals surface area (Å²) in [6, 6.07) is 5.49. The van der Waals surface area contributed by atoms with Gasteiger partial charge in [0.1, 0.15) is 0 Å². The van der Waals surface area contributed by atoms with Crippen LogP contribution < -0.4 is 4.90 Å². The second-order valence-corrected chi connectivity index (χ2v) is 5.45. The first-order valence-electron chi connectivity index (χ1n) is 5.33. The highest BCUT2D eigenvalue weighted by atomic mass is 35.5. The van der Waals surface area contributed by atoms with Gasteiger partial charge in [0.15, 0.2) is 0 Å². The molecule has 2 rings (SSSR count). The van der Waals surface area contributed by atoms with Crippen molar-refractivity contribution in [2.75, 3.05) is 25.1 Å². The maximum Gasteiger partial charge on any atom is 0.0654 e. The Balaban J connectivity index is 2.11. The van der Waals surface area contributed by atoms with Crippen molar-refractivity contribution in [3.63, 3.8) is 0 Å². The molecule has 0 atom stereocenters. The number of aliphatic hydroxyl groups excluding tert-OH is 1. The minimum Gasteiger partial charge on any atom is -0.396 e. The number of anilines is 1. The highest BCUT2D eigenvalue weighted by Crippen LogP contribution is 2.46. The lowest BCUT2D eigenvalue weighted by Gasteiger charge is -2.25. The predicted molar refractivity (Wildman–Crippen MR) is 68.5 cm³/mol. The Kier molecular flexibility index (Phi) is 3.34. The van der Waals surface area contributed by atoms with E-state index in [-0.39, 0.29) is 12.0 Å². The summed E-state index contributed by atoms with van der Waals surface area (Å²) < 4.78 is 0. The molecule has 0 spiro atoms. The van der Waals surface area contributed by atoms with E-state index in [0.29, 0.717) is 10.0 Å². The van der Waals surface area contributed by atoms with Crippen molar-refractivity contribution in [2.24, 2.45) is 5.41 Å². The molecule has 1 aliphatic carbocycles. The van der Waals surface area contributed by atoms with Gasteiger partial charge in [-0.15, -0.1) is 0 Å². The summed E-state index contributed by atoms with van der Waals surface area (Å²) in [7, 11) is 1.99. The third-order valence-electron chi connectivity index (χ3n) is 3.19. The van der Waals surface area contributed by atoms with Gasteiger partial charge >= 0.3 is 0 Å². The molecule has 1 N–H and O–H groups in total. The number of halogens is 2. The summed E-state index contributed by atoms with van der Waals surface area (Å²) in [5, 5.41) is 10.6. The molecule has 88 valence electrons. The molecular formula is C12H15Cl2NO. The first-order chi connectivity index (χ1) is 7.56. The Morgan fingerprint density at radius 1 is 1.38 bits per heavy atom. The van der Waals surface area contributed by atoms with E-state index < -0.39 is 0 Å². The van der Waals surface area contributed by atoms with E-state index in [4.69, 9.17) is 23.2 Å². The molecule has 16 heavy (non-hydrogen) atoms. The summed E-state index contributed by atoms with van der Waals surface area (Å²) >= 11 is 12.0. The van der Waals surface area contributed by atoms with Crippen LogP contribution in [0, 0.1) is 5.41 Å². The Bertz CT molecular complexity index is 391. The normalized spacial score (nSPS) is 17.2. The van der Waals surface area contributed by atoms with Gasteiger partial charge in [-0.25, -0.2) is 0 Å². The molecule has 2 nitrogen and oxygen atoms in total. The van der Waals surface area contributed by atoms with Gasteiger partial charge in [0.25, 0.3) is 0 Å². The van der Waals surface area contributed by atoms with Crippen LogP contribution in [0.5, 0.6) is 0 Å². The Morgan fingerprint density at radius 2 is 2.06 bits per heavy atom. The van der Waals surface area contributed by atoms with Gasteiger partial charge in [0.05, 0.1) is 17.3 Å². The summed E-state index contributed by atoms with van der Waals surface area (Å²) in [4.78, 5) is 2.09. The molecule has 1 fully saturated rings. The first kappa shape index (κ1) is 12.0. The molecule has 1 aliphatic rings. The molecular weight excluding hydrogens is 245 g/mol. The molecule has 0 unspecified atom stereocenters. The number of hydrogen-bond acceptors (Lipinski definition) is 2. The maximum absolute atomic E-state index is 9.28. The fourth-order valence-electron chi connectivity index (χ4n) is 1.92. The smallest absolute Gasteiger partial charge is 0.0654 e. The Hall–Kier alpha value is -0.440. The van der Waals surface area contributed by atoms with Gasteiger partial charge in [0, 0.05) is 24.0 Å². The van der Waals surface area contributed by atoms with Crippen LogP contribution in [0.2, 0.25) is 10.0 Å². The van der Waals surface area contributed by atoms with Crippen LogP contribution in [0.3, 0.4) is 0 Å². The third-order valence-corrected chi connectivity index (χ3v) is 3.72. The zero-order valence-corrected chi connectivity index (χ0v) is 10.7. The molecule has 0 amide bonds. The number of rotatable bonds is 4. The summed E-state index contributed by atoms with van der Waals surface area (Å²) in [6.45, 7) is 1.09. The van der Waals surface area contributed by atoms with Gasteiger partial charge < -0.3 is 10.0 Å². The lowest BCUT2D eigenvalue weighted by Crippen LogP contribution is -2.28. The monoisotopic (exact) mass is 259 g/mol. The second kappa shape index (κ2) is 4.44. The molecule has 0 bridgehead atoms. The summed E-state index contributed by atoms with van der Waals surface area (Å²) in [5.74, 6) is 0. The average molecular weight is 260 g/mol. The SMILES string of the molecule is CN(CC1(CO)CC1)c1ccc(Cl)cc1Cl. The molecule has 0 radical (unpaired) electrons. The molecule has 1 aromatic rings. The molecule has 0 aromatic heterocycles. The lowest BCUT2D eigenvalue weighted by atomic mass is 10.1. The number of aliphatic hydroxyl groups is 1. The van der Waals surface area contributed by atoms with Crippen LogP contribution in [0.4, 0.5) is 5.69 Å². The third kappa shape index (κ3) is 2.45. The average Bonchev–Trinajstić information content (AvgIpc) is 2.98. The van der Waals surface area contributed by atoms with Gasteiger partial charge in [-0.3, -0.25) is 0 Å². The van der Waals surface area contributed by atoms with Crippen molar-refractivity contribution in [3.8, 4) is 0 Å². The van der Waals surface area contributed by atoms with Crippen molar-refractivity contribution in [2.45, 2.75) is 12.8 Å². The molecule has 0 aliphatic heterocycles. The lowest BCUT2D eigenvalue weighted by molar-refractivity contribution is 0.215. The standard InChI is InChI=1S/C12H15Cl2NO/c1-15(7-12(8-16)4-5-12)11-3-2-9(13)6-10(11)14/h2-3,6,16H,4-5,7-8H2,1H3. The molecule has 4 heteroatoms. The van der Waals surface area contributed by atoms with Crippen molar-refractivity contribution < 1.29 is 5.11 Å². The minimum atomic E-state index is 0.0950. The number of nitrogens with zero attached hydrogens (tertiary/aromatic N) is 1. The largest absolute Gasteiger partial charge is 0.396 e. The van der Waals surface area contributed by atoms with Crippen LogP contribution >= 0.6 is 23.2 Å². The number of benzene rings is 1. The fourth-order valence-corrected chi connectivity index (χ4v) is 2.47. The zero-order chi connectivity index (χ0) is 11.8. The predicted octanol–water partition coefficient (Wildman–Crippen LogP) is 3.20. The molecule has 1 saturated carbocycles. The van der Waals surface area contributed by atoms with E-state index in [1.54, 1.807) is 6.07 Å². The first-order valence-corrected chi connectivity index (χ1v) is 6.09. The van der Waals surface area contributed by atoms with Crippen LogP contribution in [0.15, 0.2) is 18.2 Å². The van der Waals surface area contributed by atoms with Crippen molar-refractivity contribution in [3.05, 3.63) is 28.2 Å². The van der Waals surface area contributed by atoms with Crippen molar-refractivity contribution >= 4 is 28.9 Å². The summed E-state index contributed by atoms with van der Waals surface area (Å²) in [5.41, 5.74) is 1.06. The Morgan fingerprint density at radius 3 is 2.56 bits per heavy atom. The zero-order valence-electron chi connectivity index (χ0n) is 9.21. The molecule has 0 saturated heterocycles. The summed E-state index contributed by atoms with van der Waals surface area (Å²) in [6.07, 6.45) is 2.19. The molecule has 1 aromatic carbocycles. The maximum atomic E-state index is 9.28. The van der Waals surface area contributed by atoms with Crippen LogP contribution in [0.1, 0.15) is 12.8 Å². The molecule has 0 heterocycles. The second-order valence-electron chi connectivity index (χ2n) is 4.61. The highest BCUT2D eigenvalue weighted by molar-refractivity contribution is 6.36. The van der Waals surface area contributed by atoms with E-state index in [0.717, 1.165) is 25.1 Å². The van der Waals surface area contributed by atoms with E-state index in [9.17, 15) is 5.11 Å². The van der Waals surface area contributed by atoms with Crippen LogP contribution in [-0.4, -0.2) is 25.3 Å². The van der Waals surface area contributed by atoms with Gasteiger partial charge in [-0.05, 0) is 31.0 Å². The van der Waals surface area contributed by atoms with Crippen LogP contribution in [0.25, 0.3) is 0 Å². The number of hydrogen-bond donors (Lipinski definition) is 1. The van der Waals surface area contributed by atoms with Crippen molar-refractivity contribution in [1.82, 2.24) is 0 Å². The van der Waals surface area contributed by atoms with Gasteiger partial charge in [-0.1, -0.05) is 23.2 Å². The van der Waals surface area contributed by atoms with E-state index >= 15 is 0 Å². The van der Waals surface area contributed by atoms with E-state index in [1.807, 2.05) is 19.2 Å². The topological polar surface area (TPSA) is 23.5 Å². The van der Waals surface area contributed by atoms with E-state index in [2.05, 4.69) is 4.90 Å². The van der Waals surface area contributed by atoms with E-state index in [1.165, 1.54) is 0 Å². The van der Waals surface area contributed by atoms with Crippen LogP contribution in [-0.2, 0) is 0 Å². The Labute approximate surface area is 106 Å². The van der Waals surface area contributed by atoms with Gasteiger partial charge in [0.2, 0.25) is 0 Å². The van der Waals surface area contributed by atoms with Crippen molar-refractivity contribution in [1.29, 1.82) is 0 Å². The highest BCUT2D eigenvalue weighted by Gasteiger charge is 2.43. The minimum absolute atomic E-state index is 0.0950.